The second-order valence-corrected chi connectivity index (χ2v) is 16.8. The largest absolute Gasteiger partial charge is 0.508 e. The molecule has 6 atom stereocenters. The zero-order valence-corrected chi connectivity index (χ0v) is 43.0. The number of carboxylic acid groups (broad SMARTS) is 3. The van der Waals surface area contributed by atoms with Crippen LogP contribution in [0.15, 0.2) is 72.8 Å². The van der Waals surface area contributed by atoms with Crippen LogP contribution in [0.1, 0.15) is 81.4 Å². The van der Waals surface area contributed by atoms with Crippen molar-refractivity contribution in [3.63, 3.8) is 0 Å². The Morgan fingerprint density at radius 3 is 1.03 bits per heavy atom. The van der Waals surface area contributed by atoms with Gasteiger partial charge in [-0.1, -0.05) is 49.2 Å². The lowest BCUT2D eigenvalue weighted by atomic mass is 10.0. The molecule has 0 radical (unpaired) electrons. The van der Waals surface area contributed by atoms with Crippen LogP contribution in [0.25, 0.3) is 0 Å². The number of carbonyl (C=O) groups excluding carboxylic acids is 3. The van der Waals surface area contributed by atoms with Crippen LogP contribution < -0.4 is 67.0 Å². The van der Waals surface area contributed by atoms with Gasteiger partial charge in [0.1, 0.15) is 54.1 Å². The number of unbranched alkanes of at least 4 members (excludes halogenated alkanes) is 3. The van der Waals surface area contributed by atoms with Crippen molar-refractivity contribution in [2.75, 3.05) is 40.3 Å². The molecular weight excluding hydrogens is 961 g/mol. The summed E-state index contributed by atoms with van der Waals surface area (Å²) in [4.78, 5) is 66.3. The first kappa shape index (κ1) is 69.9. The Hall–Kier alpha value is -6.13. The van der Waals surface area contributed by atoms with Gasteiger partial charge in [-0.25, -0.2) is 21.1 Å². The number of hydrazine groups is 3. The average molecular weight is 1050 g/mol. The second-order valence-electron chi connectivity index (χ2n) is 16.8. The Morgan fingerprint density at radius 2 is 0.770 bits per heavy atom. The number of carboxylic acids is 3. The zero-order valence-electron chi connectivity index (χ0n) is 43.0. The Morgan fingerprint density at radius 1 is 0.473 bits per heavy atom. The summed E-state index contributed by atoms with van der Waals surface area (Å²) in [5, 5.41) is 62.3. The maximum atomic E-state index is 12.1. The third-order valence-electron chi connectivity index (χ3n) is 11.0. The standard InChI is InChI=1S/C16H26N4O4.2C10H13NO3.C7H17N3O.C7H16N3O/c17-8-2-1-3-13(20-18)15(22)10-19-14(16(23)24)9-11-4-6-12(21)7-5-11;2*1-11-9(10(13)14)6-7-2-4-8(12)5-3-7;2*1-6(11)7(10-9)4-2-3-5-8/h4-7,13-14,19-21H,1-3,8-10,17-18H2,(H,23,24);2*2-5,9,11-12H,6H2,1H3,(H,13,14);7,10H,2-5,8-9H2,1H3;7,10H,1-5,8-9H2/q;;;;+1/t13-,14-;2*9-;2*7-/m00000/s1. The number of hydrogen-bond acceptors (Lipinski definition) is 21. The van der Waals surface area contributed by atoms with Crippen LogP contribution in [0.4, 0.5) is 0 Å². The van der Waals surface area contributed by atoms with Gasteiger partial charge in [0.25, 0.3) is 0 Å². The van der Waals surface area contributed by atoms with Crippen LogP contribution >= 0.6 is 0 Å². The highest BCUT2D eigenvalue weighted by atomic mass is 16.4. The molecule has 0 bridgehead atoms. The van der Waals surface area contributed by atoms with Crippen molar-refractivity contribution in [2.24, 2.45) is 34.7 Å². The van der Waals surface area contributed by atoms with Gasteiger partial charge in [-0.2, -0.15) is 0 Å². The quantitative estimate of drug-likeness (QED) is 0.0164. The number of benzene rings is 3. The summed E-state index contributed by atoms with van der Waals surface area (Å²) in [5.41, 5.74) is 25.8. The van der Waals surface area contributed by atoms with Gasteiger partial charge in [0.2, 0.25) is 0 Å². The average Bonchev–Trinajstić information content (AvgIpc) is 3.37. The maximum absolute atomic E-state index is 12.1. The highest BCUT2D eigenvalue weighted by Crippen LogP contribution is 2.14. The molecule has 24 N–H and O–H groups in total. The number of aromatic hydroxyl groups is 3. The maximum Gasteiger partial charge on any atom is 0.321 e. The molecule has 0 heterocycles. The number of ketones is 3. The Kier molecular flexibility index (Phi) is 40.9. The molecule has 0 saturated carbocycles. The Labute approximate surface area is 434 Å². The zero-order chi connectivity index (χ0) is 56.4. The fourth-order valence-electron chi connectivity index (χ4n) is 6.38. The second kappa shape index (κ2) is 43.3. The summed E-state index contributed by atoms with van der Waals surface area (Å²) < 4.78 is 0. The first-order valence-corrected chi connectivity index (χ1v) is 24.2. The number of nitrogens with two attached hydrogens (primary N) is 6. The topological polar surface area (TPSA) is 452 Å². The molecule has 0 unspecified atom stereocenters. The summed E-state index contributed by atoms with van der Waals surface area (Å²) in [6, 6.07) is 16.2. The molecule has 0 aromatic heterocycles. The summed E-state index contributed by atoms with van der Waals surface area (Å²) in [5.74, 6) is 13.1. The van der Waals surface area contributed by atoms with Gasteiger partial charge in [-0.3, -0.25) is 46.8 Å². The highest BCUT2D eigenvalue weighted by molar-refractivity contribution is 5.87. The number of phenols is 3. The van der Waals surface area contributed by atoms with Crippen molar-refractivity contribution < 1.29 is 59.4 Å². The van der Waals surface area contributed by atoms with Crippen molar-refractivity contribution in [1.82, 2.24) is 32.2 Å². The minimum absolute atomic E-state index is 0.0875. The van der Waals surface area contributed by atoms with E-state index in [0.29, 0.717) is 38.9 Å². The number of hydrogen-bond donors (Lipinski definition) is 18. The van der Waals surface area contributed by atoms with E-state index in [-0.39, 0.29) is 59.6 Å². The van der Waals surface area contributed by atoms with Crippen molar-refractivity contribution in [3.8, 4) is 17.2 Å². The fourth-order valence-corrected chi connectivity index (χ4v) is 6.38. The molecule has 0 saturated heterocycles. The van der Waals surface area contributed by atoms with E-state index in [0.717, 1.165) is 68.1 Å². The smallest absolute Gasteiger partial charge is 0.321 e. The first-order chi connectivity index (χ1) is 35.2. The third kappa shape index (κ3) is 34.3. The first-order valence-electron chi connectivity index (χ1n) is 24.2. The lowest BCUT2D eigenvalue weighted by Crippen LogP contribution is -2.48. The molecule has 416 valence electrons. The molecule has 0 aliphatic carbocycles. The summed E-state index contributed by atoms with van der Waals surface area (Å²) in [6.45, 7) is 6.60. The molecule has 0 amide bonds. The van der Waals surface area contributed by atoms with Crippen LogP contribution in [0.5, 0.6) is 17.2 Å². The van der Waals surface area contributed by atoms with E-state index in [2.05, 4.69) is 39.2 Å². The van der Waals surface area contributed by atoms with E-state index in [1.165, 1.54) is 19.1 Å². The molecule has 3 aromatic rings. The van der Waals surface area contributed by atoms with Crippen molar-refractivity contribution >= 4 is 35.3 Å². The van der Waals surface area contributed by atoms with Crippen LogP contribution in [-0.2, 0) is 48.0 Å². The van der Waals surface area contributed by atoms with E-state index in [1.54, 1.807) is 74.8 Å². The number of likely N-dealkylation sites (N-methyl/N-ethyl adjacent to an activating group) is 2. The Balaban J connectivity index is 0. The van der Waals surface area contributed by atoms with Gasteiger partial charge in [0.15, 0.2) is 5.78 Å². The monoisotopic (exact) mass is 1050 g/mol. The van der Waals surface area contributed by atoms with Crippen molar-refractivity contribution in [1.29, 1.82) is 0 Å². The lowest BCUT2D eigenvalue weighted by Gasteiger charge is -2.18. The molecule has 24 heteroatoms. The van der Waals surface area contributed by atoms with Gasteiger partial charge >= 0.3 is 23.7 Å². The highest BCUT2D eigenvalue weighted by Gasteiger charge is 2.22. The number of rotatable bonds is 32. The summed E-state index contributed by atoms with van der Waals surface area (Å²) in [6.07, 6.45) is 8.39. The molecule has 3 rings (SSSR count). The number of carbonyl (C=O) groups is 6. The molecule has 0 fully saturated rings. The summed E-state index contributed by atoms with van der Waals surface area (Å²) in [7, 11) is 3.22. The van der Waals surface area contributed by atoms with E-state index >= 15 is 0 Å². The molecular formula is C50H85N12O12+. The Bertz CT molecular complexity index is 1890. The predicted octanol–water partition coefficient (Wildman–Crippen LogP) is -0.391. The number of nitrogens with one attached hydrogen (secondary N) is 6. The van der Waals surface area contributed by atoms with Crippen LogP contribution in [0, 0.1) is 6.92 Å². The minimum Gasteiger partial charge on any atom is -0.508 e. The molecule has 3 aromatic carbocycles. The molecule has 0 aliphatic rings. The van der Waals surface area contributed by atoms with E-state index < -0.39 is 42.1 Å². The SMILES string of the molecule is CC(=O)[C@H](CCCCN)NN.CN[C@@H](Cc1ccc(O)cc1)C(=O)O.CN[C@@H](Cc1ccc(O)cc1)C(=O)O.NCCCC[C@H](NN)C(=O)CN[C@@H](Cc1ccc(O)cc1)C(=O)O.[CH2+]C(=O)[C@H](CCCCN)NN. The van der Waals surface area contributed by atoms with Gasteiger partial charge < -0.3 is 58.5 Å². The number of aliphatic carboxylic acids is 3. The fraction of sp³-hybridized carbons (Fsp3) is 0.500. The van der Waals surface area contributed by atoms with Crippen LogP contribution in [0.3, 0.4) is 0 Å². The van der Waals surface area contributed by atoms with Gasteiger partial charge in [0.05, 0.1) is 18.6 Å². The number of Topliss-reactive ketones (excluding diaryl/α,β-unsaturated/α-hetero) is 3. The van der Waals surface area contributed by atoms with Crippen molar-refractivity contribution in [2.45, 2.75) is 120 Å². The van der Waals surface area contributed by atoms with E-state index in [1.807, 2.05) is 0 Å². The third-order valence-corrected chi connectivity index (χ3v) is 11.0. The van der Waals surface area contributed by atoms with Crippen molar-refractivity contribution in [3.05, 3.63) is 96.4 Å². The van der Waals surface area contributed by atoms with Crippen LogP contribution in [0.2, 0.25) is 0 Å². The van der Waals surface area contributed by atoms with Gasteiger partial charge in [0, 0.05) is 0 Å². The summed E-state index contributed by atoms with van der Waals surface area (Å²) >= 11 is 0. The predicted molar refractivity (Wildman–Crippen MR) is 284 cm³/mol. The lowest BCUT2D eigenvalue weighted by molar-refractivity contribution is -0.140. The minimum atomic E-state index is -1.05. The van der Waals surface area contributed by atoms with E-state index in [9.17, 15) is 39.0 Å². The van der Waals surface area contributed by atoms with Crippen LogP contribution in [-0.4, -0.2) is 142 Å². The van der Waals surface area contributed by atoms with E-state index in [4.69, 9.17) is 55.2 Å². The normalized spacial score (nSPS) is 12.9. The molecule has 24 nitrogen and oxygen atoms in total. The molecule has 0 aliphatic heterocycles. The molecule has 0 spiro atoms. The van der Waals surface area contributed by atoms with Gasteiger partial charge in [-0.05, 0) is 158 Å². The molecule has 74 heavy (non-hydrogen) atoms. The van der Waals surface area contributed by atoms with Gasteiger partial charge in [-0.15, -0.1) is 0 Å². The number of phenolic OH excluding ortho intramolecular Hbond substituents is 3.